The Bertz CT molecular complexity index is 1090. The minimum absolute atomic E-state index is 0.0741. The summed E-state index contributed by atoms with van der Waals surface area (Å²) < 4.78 is 18.8. The van der Waals surface area contributed by atoms with Gasteiger partial charge < -0.3 is 20.3 Å². The summed E-state index contributed by atoms with van der Waals surface area (Å²) in [7, 11) is 3.25. The number of amides is 2. The van der Waals surface area contributed by atoms with Crippen LogP contribution < -0.4 is 15.4 Å². The van der Waals surface area contributed by atoms with Gasteiger partial charge in [-0.2, -0.15) is 0 Å². The highest BCUT2D eigenvalue weighted by molar-refractivity contribution is 6.05. The van der Waals surface area contributed by atoms with E-state index >= 15 is 0 Å². The maximum absolute atomic E-state index is 13.4. The summed E-state index contributed by atoms with van der Waals surface area (Å²) in [5, 5.41) is 5.90. The maximum atomic E-state index is 13.4. The van der Waals surface area contributed by atoms with Gasteiger partial charge in [-0.1, -0.05) is 36.4 Å². The molecule has 32 heavy (non-hydrogen) atoms. The summed E-state index contributed by atoms with van der Waals surface area (Å²) in [5.41, 5.74) is 2.28. The van der Waals surface area contributed by atoms with E-state index in [1.54, 1.807) is 37.1 Å². The number of likely N-dealkylation sites (N-methyl/N-ethyl adjacent to an activating group) is 1. The van der Waals surface area contributed by atoms with Gasteiger partial charge in [0.1, 0.15) is 17.6 Å². The van der Waals surface area contributed by atoms with Crippen molar-refractivity contribution in [1.82, 2.24) is 4.90 Å². The maximum Gasteiger partial charge on any atom is 0.255 e. The van der Waals surface area contributed by atoms with Crippen molar-refractivity contribution in [1.29, 1.82) is 0 Å². The molecule has 3 aromatic carbocycles. The number of nitrogens with zero attached hydrogens (tertiary/aromatic N) is 1. The second kappa shape index (κ2) is 10.4. The number of ether oxygens (including phenoxy) is 1. The molecule has 0 saturated heterocycles. The van der Waals surface area contributed by atoms with E-state index in [1.807, 2.05) is 30.3 Å². The van der Waals surface area contributed by atoms with Gasteiger partial charge in [-0.3, -0.25) is 9.59 Å². The van der Waals surface area contributed by atoms with Crippen LogP contribution in [0.25, 0.3) is 0 Å². The van der Waals surface area contributed by atoms with Crippen LogP contribution in [0.15, 0.2) is 72.8 Å². The van der Waals surface area contributed by atoms with Crippen molar-refractivity contribution in [3.8, 4) is 5.75 Å². The molecule has 0 radical (unpaired) electrons. The number of anilines is 2. The predicted octanol–water partition coefficient (Wildman–Crippen LogP) is 4.55. The Morgan fingerprint density at radius 1 is 1.03 bits per heavy atom. The monoisotopic (exact) mass is 435 g/mol. The number of hydrogen-bond acceptors (Lipinski definition) is 4. The molecule has 1 unspecified atom stereocenters. The summed E-state index contributed by atoms with van der Waals surface area (Å²) in [5.74, 6) is -0.589. The van der Waals surface area contributed by atoms with Gasteiger partial charge in [-0.25, -0.2) is 4.39 Å². The van der Waals surface area contributed by atoms with Gasteiger partial charge in [0.2, 0.25) is 5.91 Å². The van der Waals surface area contributed by atoms with E-state index < -0.39 is 17.8 Å². The molecule has 0 aromatic heterocycles. The van der Waals surface area contributed by atoms with E-state index in [2.05, 4.69) is 10.6 Å². The van der Waals surface area contributed by atoms with Crippen LogP contribution in [0, 0.1) is 5.82 Å². The van der Waals surface area contributed by atoms with E-state index in [9.17, 15) is 14.0 Å². The lowest BCUT2D eigenvalue weighted by atomic mass is 10.1. The lowest BCUT2D eigenvalue weighted by Crippen LogP contribution is -2.38. The van der Waals surface area contributed by atoms with Gasteiger partial charge in [-0.05, 0) is 48.9 Å². The highest BCUT2D eigenvalue weighted by atomic mass is 19.1. The Morgan fingerprint density at radius 3 is 2.47 bits per heavy atom. The lowest BCUT2D eigenvalue weighted by molar-refractivity contribution is -0.130. The van der Waals surface area contributed by atoms with E-state index in [1.165, 1.54) is 25.3 Å². The van der Waals surface area contributed by atoms with Gasteiger partial charge in [0.15, 0.2) is 0 Å². The van der Waals surface area contributed by atoms with Crippen LogP contribution in [0.5, 0.6) is 5.75 Å². The average molecular weight is 435 g/mol. The number of halogens is 1. The van der Waals surface area contributed by atoms with Crippen molar-refractivity contribution in [3.05, 3.63) is 89.7 Å². The first kappa shape index (κ1) is 22.8. The topological polar surface area (TPSA) is 70.7 Å². The molecule has 0 bridgehead atoms. The van der Waals surface area contributed by atoms with Crippen molar-refractivity contribution in [3.63, 3.8) is 0 Å². The molecular formula is C25H26FN3O3. The summed E-state index contributed by atoms with van der Waals surface area (Å²) in [4.78, 5) is 27.0. The molecule has 0 fully saturated rings. The van der Waals surface area contributed by atoms with Crippen LogP contribution >= 0.6 is 0 Å². The van der Waals surface area contributed by atoms with E-state index in [0.29, 0.717) is 23.7 Å². The first-order chi connectivity index (χ1) is 15.4. The van der Waals surface area contributed by atoms with Crippen LogP contribution in [0.4, 0.5) is 15.8 Å². The number of nitrogens with one attached hydrogen (secondary N) is 2. The van der Waals surface area contributed by atoms with Gasteiger partial charge in [0, 0.05) is 24.8 Å². The van der Waals surface area contributed by atoms with Crippen LogP contribution in [0.1, 0.15) is 22.8 Å². The second-order valence-electron chi connectivity index (χ2n) is 7.43. The van der Waals surface area contributed by atoms with Gasteiger partial charge >= 0.3 is 0 Å². The molecular weight excluding hydrogens is 409 g/mol. The molecule has 166 valence electrons. The number of rotatable bonds is 8. The molecule has 0 aliphatic carbocycles. The molecule has 7 heteroatoms. The zero-order valence-electron chi connectivity index (χ0n) is 18.3. The summed E-state index contributed by atoms with van der Waals surface area (Å²) in [6.45, 7) is 2.28. The van der Waals surface area contributed by atoms with Gasteiger partial charge in [0.25, 0.3) is 5.91 Å². The Balaban J connectivity index is 1.70. The van der Waals surface area contributed by atoms with Crippen molar-refractivity contribution in [2.75, 3.05) is 24.8 Å². The largest absolute Gasteiger partial charge is 0.495 e. The fraction of sp³-hybridized carbons (Fsp3) is 0.200. The molecule has 0 spiro atoms. The first-order valence-corrected chi connectivity index (χ1v) is 10.2. The standard InChI is InChI=1S/C25H26FN3O3/c1-17(25(31)29(2)16-18-8-5-4-6-9-18)27-21-12-13-23(32-3)22(15-21)28-24(30)19-10-7-11-20(26)14-19/h4-15,17,27H,16H2,1-3H3,(H,28,30). The average Bonchev–Trinajstić information content (AvgIpc) is 2.79. The molecule has 1 atom stereocenters. The molecule has 3 rings (SSSR count). The molecule has 0 aliphatic heterocycles. The zero-order valence-corrected chi connectivity index (χ0v) is 18.3. The van der Waals surface area contributed by atoms with Crippen LogP contribution in [0.3, 0.4) is 0 Å². The molecule has 3 aromatic rings. The molecule has 0 saturated carbocycles. The Hall–Kier alpha value is -3.87. The van der Waals surface area contributed by atoms with Crippen LogP contribution in [0.2, 0.25) is 0 Å². The Labute approximate surface area is 187 Å². The van der Waals surface area contributed by atoms with Crippen molar-refractivity contribution < 1.29 is 18.7 Å². The highest BCUT2D eigenvalue weighted by Gasteiger charge is 2.18. The van der Waals surface area contributed by atoms with E-state index in [4.69, 9.17) is 4.74 Å². The lowest BCUT2D eigenvalue weighted by Gasteiger charge is -2.23. The second-order valence-corrected chi connectivity index (χ2v) is 7.43. The Morgan fingerprint density at radius 2 is 1.78 bits per heavy atom. The minimum atomic E-state index is -0.496. The molecule has 0 heterocycles. The SMILES string of the molecule is COc1ccc(NC(C)C(=O)N(C)Cc2ccccc2)cc1NC(=O)c1cccc(F)c1. The van der Waals surface area contributed by atoms with Crippen LogP contribution in [-0.2, 0) is 11.3 Å². The van der Waals surface area contributed by atoms with Crippen LogP contribution in [-0.4, -0.2) is 36.9 Å². The van der Waals surface area contributed by atoms with Gasteiger partial charge in [-0.15, -0.1) is 0 Å². The normalized spacial score (nSPS) is 11.4. The number of benzene rings is 3. The molecule has 2 N–H and O–H groups in total. The predicted molar refractivity (Wildman–Crippen MR) is 123 cm³/mol. The number of methoxy groups -OCH3 is 1. The number of hydrogen-bond donors (Lipinski definition) is 2. The van der Waals surface area contributed by atoms with E-state index in [-0.39, 0.29) is 11.5 Å². The molecule has 2 amide bonds. The fourth-order valence-corrected chi connectivity index (χ4v) is 3.30. The number of carbonyl (C=O) groups is 2. The summed E-state index contributed by atoms with van der Waals surface area (Å²) >= 11 is 0. The fourth-order valence-electron chi connectivity index (χ4n) is 3.30. The molecule has 0 aliphatic rings. The Kier molecular flexibility index (Phi) is 7.44. The number of carbonyl (C=O) groups excluding carboxylic acids is 2. The van der Waals surface area contributed by atoms with Crippen molar-refractivity contribution >= 4 is 23.2 Å². The third kappa shape index (κ3) is 5.85. The summed E-state index contributed by atoms with van der Waals surface area (Å²) in [6.07, 6.45) is 0. The molecule has 6 nitrogen and oxygen atoms in total. The summed E-state index contributed by atoms with van der Waals surface area (Å²) in [6, 6.07) is 19.8. The smallest absolute Gasteiger partial charge is 0.255 e. The first-order valence-electron chi connectivity index (χ1n) is 10.2. The highest BCUT2D eigenvalue weighted by Crippen LogP contribution is 2.29. The van der Waals surface area contributed by atoms with Crippen molar-refractivity contribution in [2.45, 2.75) is 19.5 Å². The minimum Gasteiger partial charge on any atom is -0.495 e. The van der Waals surface area contributed by atoms with E-state index in [0.717, 1.165) is 11.6 Å². The zero-order chi connectivity index (χ0) is 23.1. The van der Waals surface area contributed by atoms with Crippen molar-refractivity contribution in [2.24, 2.45) is 0 Å². The third-order valence-electron chi connectivity index (χ3n) is 4.93. The quantitative estimate of drug-likeness (QED) is 0.545. The third-order valence-corrected chi connectivity index (χ3v) is 4.93. The van der Waals surface area contributed by atoms with Gasteiger partial charge in [0.05, 0.1) is 12.8 Å².